The molecule has 0 aliphatic heterocycles. The Hall–Kier alpha value is -5.88. The third-order valence-corrected chi connectivity index (χ3v) is 6.22. The van der Waals surface area contributed by atoms with Crippen molar-refractivity contribution in [2.24, 2.45) is 5.10 Å². The summed E-state index contributed by atoms with van der Waals surface area (Å²) in [6, 6.07) is 36.0. The van der Waals surface area contributed by atoms with Crippen LogP contribution in [0.3, 0.4) is 0 Å². The molecule has 0 saturated carbocycles. The molecule has 4 aromatic carbocycles. The molecule has 0 saturated heterocycles. The van der Waals surface area contributed by atoms with Crippen molar-refractivity contribution in [1.82, 2.24) is 9.97 Å². The largest absolute Gasteiger partial charge is 0.493 e. The van der Waals surface area contributed by atoms with E-state index in [0.29, 0.717) is 37.6 Å². The van der Waals surface area contributed by atoms with Crippen LogP contribution in [0.1, 0.15) is 23.1 Å². The van der Waals surface area contributed by atoms with Gasteiger partial charge in [0.1, 0.15) is 35.5 Å². The smallest absolute Gasteiger partial charge is 0.270 e. The first kappa shape index (κ1) is 28.6. The molecule has 0 aliphatic carbocycles. The topological polar surface area (TPSA) is 122 Å². The first-order chi connectivity index (χ1) is 21.2. The second-order valence-electron chi connectivity index (χ2n) is 9.35. The first-order valence-electron chi connectivity index (χ1n) is 13.7. The maximum Gasteiger partial charge on any atom is 0.270 e. The van der Waals surface area contributed by atoms with Crippen molar-refractivity contribution >= 4 is 12.2 Å². The molecule has 0 aliphatic rings. The van der Waals surface area contributed by atoms with Crippen molar-refractivity contribution < 1.29 is 14.2 Å². The van der Waals surface area contributed by atoms with Gasteiger partial charge in [-0.25, -0.2) is 10.4 Å². The first-order valence-corrected chi connectivity index (χ1v) is 13.7. The van der Waals surface area contributed by atoms with Crippen LogP contribution in [0.15, 0.2) is 119 Å². The summed E-state index contributed by atoms with van der Waals surface area (Å²) in [4.78, 5) is 19.3. The number of aromatic amines is 1. The molecule has 0 atom stereocenters. The third-order valence-electron chi connectivity index (χ3n) is 6.22. The zero-order chi connectivity index (χ0) is 29.7. The molecule has 0 bridgehead atoms. The Morgan fingerprint density at radius 3 is 2.21 bits per heavy atom. The lowest BCUT2D eigenvalue weighted by atomic mass is 10.1. The number of hydrogen-bond acceptors (Lipinski definition) is 8. The highest BCUT2D eigenvalue weighted by Gasteiger charge is 2.12. The molecule has 1 heterocycles. The number of nitrogens with one attached hydrogen (secondary N) is 2. The molecule has 5 aromatic rings. The van der Waals surface area contributed by atoms with E-state index in [1.54, 1.807) is 18.3 Å². The fourth-order valence-corrected chi connectivity index (χ4v) is 4.10. The third kappa shape index (κ3) is 8.31. The summed E-state index contributed by atoms with van der Waals surface area (Å²) in [5, 5.41) is 13.6. The van der Waals surface area contributed by atoms with Crippen LogP contribution in [0.5, 0.6) is 17.2 Å². The van der Waals surface area contributed by atoms with Gasteiger partial charge in [0, 0.05) is 12.0 Å². The van der Waals surface area contributed by atoms with Gasteiger partial charge in [0.15, 0.2) is 0 Å². The Labute approximate surface area is 249 Å². The molecule has 9 nitrogen and oxygen atoms in total. The number of aromatic nitrogens is 2. The number of hydrogen-bond donors (Lipinski definition) is 2. The average Bonchev–Trinajstić information content (AvgIpc) is 3.05. The predicted octanol–water partition coefficient (Wildman–Crippen LogP) is 6.18. The summed E-state index contributed by atoms with van der Waals surface area (Å²) >= 11 is 0. The summed E-state index contributed by atoms with van der Waals surface area (Å²) in [5.41, 5.74) is 4.99. The maximum absolute atomic E-state index is 12.4. The van der Waals surface area contributed by atoms with Crippen LogP contribution in [0.25, 0.3) is 11.3 Å². The Morgan fingerprint density at radius 2 is 1.49 bits per heavy atom. The lowest BCUT2D eigenvalue weighted by molar-refractivity contribution is 0.247. The molecule has 214 valence electrons. The minimum atomic E-state index is -0.543. The number of nitrogens with zero attached hydrogens (tertiary/aromatic N) is 3. The molecule has 0 radical (unpaired) electrons. The van der Waals surface area contributed by atoms with Gasteiger partial charge in [-0.2, -0.15) is 10.4 Å². The van der Waals surface area contributed by atoms with E-state index >= 15 is 0 Å². The van der Waals surface area contributed by atoms with Crippen LogP contribution >= 0.6 is 0 Å². The number of ether oxygens (including phenoxy) is 3. The van der Waals surface area contributed by atoms with E-state index in [4.69, 9.17) is 14.2 Å². The number of anilines is 1. The highest BCUT2D eigenvalue weighted by Crippen LogP contribution is 2.20. The lowest BCUT2D eigenvalue weighted by Gasteiger charge is -2.10. The van der Waals surface area contributed by atoms with Crippen molar-refractivity contribution in [2.45, 2.75) is 13.0 Å². The van der Waals surface area contributed by atoms with E-state index in [1.165, 1.54) is 0 Å². The average molecular weight is 572 g/mol. The van der Waals surface area contributed by atoms with Gasteiger partial charge < -0.3 is 14.2 Å². The van der Waals surface area contributed by atoms with Crippen molar-refractivity contribution in [2.75, 3.05) is 18.6 Å². The van der Waals surface area contributed by atoms with Crippen LogP contribution < -0.4 is 25.2 Å². The molecule has 0 amide bonds. The molecule has 0 unspecified atom stereocenters. The van der Waals surface area contributed by atoms with E-state index in [0.717, 1.165) is 22.6 Å². The van der Waals surface area contributed by atoms with E-state index in [9.17, 15) is 10.1 Å². The van der Waals surface area contributed by atoms with Crippen LogP contribution in [0.4, 0.5) is 5.95 Å². The maximum atomic E-state index is 12.4. The van der Waals surface area contributed by atoms with E-state index in [2.05, 4.69) is 20.5 Å². The molecule has 5 rings (SSSR count). The summed E-state index contributed by atoms with van der Waals surface area (Å²) in [6.07, 6.45) is 2.29. The molecule has 0 spiro atoms. The monoisotopic (exact) mass is 571 g/mol. The molecule has 0 fully saturated rings. The van der Waals surface area contributed by atoms with Crippen LogP contribution in [0, 0.1) is 11.3 Å². The van der Waals surface area contributed by atoms with Gasteiger partial charge in [-0.15, -0.1) is 0 Å². The predicted molar refractivity (Wildman–Crippen MR) is 165 cm³/mol. The zero-order valence-corrected chi connectivity index (χ0v) is 23.3. The lowest BCUT2D eigenvalue weighted by Crippen LogP contribution is -2.16. The van der Waals surface area contributed by atoms with Crippen LogP contribution in [0.2, 0.25) is 0 Å². The molecule has 9 heteroatoms. The van der Waals surface area contributed by atoms with Crippen LogP contribution in [-0.4, -0.2) is 29.4 Å². The number of benzene rings is 4. The second kappa shape index (κ2) is 14.7. The van der Waals surface area contributed by atoms with E-state index in [-0.39, 0.29) is 17.2 Å². The number of nitriles is 1. The van der Waals surface area contributed by atoms with Gasteiger partial charge in [0.2, 0.25) is 5.95 Å². The summed E-state index contributed by atoms with van der Waals surface area (Å²) in [6.45, 7) is 1.51. The molecular formula is C34H29N5O4. The number of hydrazone groups is 1. The van der Waals surface area contributed by atoms with Gasteiger partial charge >= 0.3 is 0 Å². The van der Waals surface area contributed by atoms with Crippen molar-refractivity contribution in [1.29, 1.82) is 5.26 Å². The van der Waals surface area contributed by atoms with Crippen LogP contribution in [-0.2, 0) is 6.61 Å². The molecule has 2 N–H and O–H groups in total. The quantitative estimate of drug-likeness (QED) is 0.0983. The second-order valence-corrected chi connectivity index (χ2v) is 9.35. The zero-order valence-electron chi connectivity index (χ0n) is 23.3. The Morgan fingerprint density at radius 1 is 0.814 bits per heavy atom. The van der Waals surface area contributed by atoms with Crippen molar-refractivity contribution in [3.05, 3.63) is 136 Å². The highest BCUT2D eigenvalue weighted by molar-refractivity contribution is 5.80. The van der Waals surface area contributed by atoms with E-state index in [1.807, 2.05) is 103 Å². The van der Waals surface area contributed by atoms with Gasteiger partial charge in [0.25, 0.3) is 5.56 Å². The van der Waals surface area contributed by atoms with E-state index < -0.39 is 5.56 Å². The van der Waals surface area contributed by atoms with Gasteiger partial charge in [-0.1, -0.05) is 72.8 Å². The van der Waals surface area contributed by atoms with Gasteiger partial charge in [0.05, 0.1) is 25.1 Å². The summed E-state index contributed by atoms with van der Waals surface area (Å²) in [7, 11) is 0. The molecular weight excluding hydrogens is 542 g/mol. The Kier molecular flexibility index (Phi) is 9.77. The number of H-pyrrole nitrogens is 1. The van der Waals surface area contributed by atoms with Crippen molar-refractivity contribution in [3.63, 3.8) is 0 Å². The fourth-order valence-electron chi connectivity index (χ4n) is 4.10. The van der Waals surface area contributed by atoms with Crippen molar-refractivity contribution in [3.8, 4) is 34.6 Å². The van der Waals surface area contributed by atoms with Gasteiger partial charge in [-0.3, -0.25) is 9.78 Å². The summed E-state index contributed by atoms with van der Waals surface area (Å²) < 4.78 is 17.5. The Bertz CT molecular complexity index is 1750. The van der Waals surface area contributed by atoms with Gasteiger partial charge in [-0.05, 0) is 47.5 Å². The SMILES string of the molecule is N#Cc1c(-c2ccccc2)nc(NN=Cc2cccc(OCCCOc3ccc(OCc4ccccc4)cc3)c2)[nH]c1=O. The molecule has 1 aromatic heterocycles. The normalized spacial score (nSPS) is 10.7. The highest BCUT2D eigenvalue weighted by atomic mass is 16.5. The number of rotatable bonds is 13. The fraction of sp³-hybridized carbons (Fsp3) is 0.118. The molecule has 43 heavy (non-hydrogen) atoms. The minimum Gasteiger partial charge on any atom is -0.493 e. The standard InChI is InChI=1S/C34H29N5O4/c35-22-31-32(27-12-5-2-6-13-27)37-34(38-33(31)40)39-36-23-26-11-7-14-30(21-26)42-20-8-19-41-28-15-17-29(18-16-28)43-24-25-9-3-1-4-10-25/h1-7,9-18,21,23H,8,19-20,24H2,(H2,37,38,39,40). The Balaban J connectivity index is 1.07. The summed E-state index contributed by atoms with van der Waals surface area (Å²) in [5.74, 6) is 2.38. The minimum absolute atomic E-state index is 0.0574.